The highest BCUT2D eigenvalue weighted by Crippen LogP contribution is 2.34. The fourth-order valence-electron chi connectivity index (χ4n) is 4.75. The molecule has 0 saturated carbocycles. The van der Waals surface area contributed by atoms with E-state index in [9.17, 15) is 18.0 Å². The van der Waals surface area contributed by atoms with Gasteiger partial charge in [-0.2, -0.15) is 13.2 Å². The van der Waals surface area contributed by atoms with Crippen molar-refractivity contribution >= 4 is 30.3 Å². The highest BCUT2D eigenvalue weighted by atomic mass is 19.4. The monoisotopic (exact) mass is 578 g/mol. The molecule has 0 aliphatic carbocycles. The summed E-state index contributed by atoms with van der Waals surface area (Å²) in [6.45, 7) is 7.26. The van der Waals surface area contributed by atoms with Crippen LogP contribution in [-0.2, 0) is 25.6 Å². The van der Waals surface area contributed by atoms with Crippen LogP contribution in [0.5, 0.6) is 0 Å². The molecule has 42 heavy (non-hydrogen) atoms. The molecular weight excluding hydrogens is 541 g/mol. The van der Waals surface area contributed by atoms with Crippen LogP contribution in [0.2, 0.25) is 0 Å². The number of aryl methyl sites for hydroxylation is 1. The van der Waals surface area contributed by atoms with E-state index in [0.717, 1.165) is 36.5 Å². The van der Waals surface area contributed by atoms with E-state index < -0.39 is 11.7 Å². The van der Waals surface area contributed by atoms with Crippen LogP contribution in [0.25, 0.3) is 0 Å². The molecule has 7 nitrogen and oxygen atoms in total. The van der Waals surface area contributed by atoms with Crippen LogP contribution in [0, 0.1) is 17.7 Å². The number of allylic oxidation sites excluding steroid dienone is 2. The van der Waals surface area contributed by atoms with E-state index in [1.165, 1.54) is 30.6 Å². The summed E-state index contributed by atoms with van der Waals surface area (Å²) in [6, 6.07) is 9.82. The van der Waals surface area contributed by atoms with Gasteiger partial charge in [-0.25, -0.2) is 4.99 Å². The number of rotatable bonds is 13. The first kappa shape index (κ1) is 32.5. The smallest absolute Gasteiger partial charge is 0.305 e. The lowest BCUT2D eigenvalue weighted by molar-refractivity contribution is -0.138. The van der Waals surface area contributed by atoms with Crippen molar-refractivity contribution in [2.75, 3.05) is 27.2 Å². The molecule has 0 aromatic heterocycles. The third-order valence-corrected chi connectivity index (χ3v) is 7.28. The number of likely N-dealkylation sites (tertiary alicyclic amines) is 1. The zero-order valence-electron chi connectivity index (χ0n) is 24.2. The Kier molecular flexibility index (Phi) is 11.4. The van der Waals surface area contributed by atoms with Crippen LogP contribution in [0.3, 0.4) is 0 Å². The molecule has 3 rings (SSSR count). The van der Waals surface area contributed by atoms with Gasteiger partial charge in [0, 0.05) is 68.3 Å². The van der Waals surface area contributed by atoms with E-state index in [1.54, 1.807) is 6.21 Å². The number of carbonyl (C=O) groups excluding carboxylic acids is 1. The summed E-state index contributed by atoms with van der Waals surface area (Å²) in [4.78, 5) is 25.0. The summed E-state index contributed by atoms with van der Waals surface area (Å²) in [5.41, 5.74) is 2.57. The molecule has 1 saturated heterocycles. The maximum absolute atomic E-state index is 14.0. The fourth-order valence-corrected chi connectivity index (χ4v) is 4.75. The van der Waals surface area contributed by atoms with Gasteiger partial charge in [-0.3, -0.25) is 20.1 Å². The Labute approximate surface area is 245 Å². The number of nitrogens with zero attached hydrogens (tertiary/aromatic N) is 4. The second kappa shape index (κ2) is 14.7. The van der Waals surface area contributed by atoms with Gasteiger partial charge < -0.3 is 10.3 Å². The fraction of sp³-hybridized carbons (Fsp3) is 0.344. The third-order valence-electron chi connectivity index (χ3n) is 7.28. The summed E-state index contributed by atoms with van der Waals surface area (Å²) in [5.74, 6) is -0.377. The van der Waals surface area contributed by atoms with Crippen molar-refractivity contribution in [2.45, 2.75) is 44.9 Å². The molecule has 0 bridgehead atoms. The van der Waals surface area contributed by atoms with Crippen molar-refractivity contribution in [1.29, 1.82) is 10.8 Å². The summed E-state index contributed by atoms with van der Waals surface area (Å²) < 4.78 is 42.0. The Hall–Kier alpha value is -4.02. The number of carbonyl (C=O) groups is 1. The number of halogens is 3. The molecule has 1 heterocycles. The normalized spacial score (nSPS) is 16.3. The van der Waals surface area contributed by atoms with Gasteiger partial charge in [0.1, 0.15) is 6.34 Å². The summed E-state index contributed by atoms with van der Waals surface area (Å²) in [5, 5.41) is 14.8. The molecule has 222 valence electrons. The van der Waals surface area contributed by atoms with Crippen LogP contribution < -0.4 is 0 Å². The molecule has 1 fully saturated rings. The van der Waals surface area contributed by atoms with Crippen LogP contribution in [0.15, 0.2) is 70.8 Å². The van der Waals surface area contributed by atoms with Crippen LogP contribution in [0.1, 0.15) is 44.6 Å². The number of hydrogen-bond donors (Lipinski definition) is 2. The predicted molar refractivity (Wildman–Crippen MR) is 164 cm³/mol. The number of nitrogens with one attached hydrogen (secondary N) is 2. The van der Waals surface area contributed by atoms with Crippen molar-refractivity contribution in [3.63, 3.8) is 0 Å². The first-order valence-corrected chi connectivity index (χ1v) is 13.6. The van der Waals surface area contributed by atoms with Gasteiger partial charge in [0.25, 0.3) is 0 Å². The minimum Gasteiger partial charge on any atom is -0.305 e. The highest BCUT2D eigenvalue weighted by molar-refractivity contribution is 6.20. The van der Waals surface area contributed by atoms with Crippen molar-refractivity contribution in [3.8, 4) is 0 Å². The van der Waals surface area contributed by atoms with Crippen LogP contribution in [-0.4, -0.2) is 73.3 Å². The lowest BCUT2D eigenvalue weighted by Crippen LogP contribution is -2.31. The second-order valence-electron chi connectivity index (χ2n) is 10.6. The average molecular weight is 579 g/mol. The Morgan fingerprint density at radius 1 is 1.17 bits per heavy atom. The van der Waals surface area contributed by atoms with Crippen molar-refractivity contribution in [3.05, 3.63) is 94.2 Å². The standard InChI is InChI=1S/C32H37F3N6O/c1-22-5-6-24(15-25(22)9-12-38-13-10-30(37)23(2)18-39-21-36)16-31(42)26-7-8-27(29(17-26)32(33,34)35)19-41-14-11-28(20-41)40(3)4/h5-8,10,12-13,15,17-18,21,28,36-37H,2,9,11,14,16,19-20H2,1,3-4H3/b13-10-,36-21?,37-30?,38-12?,39-18?. The third kappa shape index (κ3) is 9.25. The summed E-state index contributed by atoms with van der Waals surface area (Å²) in [6.07, 6.45) is 3.56. The van der Waals surface area contributed by atoms with Crippen molar-refractivity contribution in [1.82, 2.24) is 9.80 Å². The SMILES string of the molecule is C=C(C=NC=N)C(=N)/C=C\N=CCc1cc(CC(=O)c2ccc(CN3CCC(N(C)C)C3)c(C(F)(F)F)c2)ccc1C. The summed E-state index contributed by atoms with van der Waals surface area (Å²) >= 11 is 0. The van der Waals surface area contributed by atoms with E-state index in [1.807, 2.05) is 44.1 Å². The topological polar surface area (TPSA) is 96.0 Å². The van der Waals surface area contributed by atoms with Gasteiger partial charge in [0.15, 0.2) is 5.78 Å². The quantitative estimate of drug-likeness (QED) is 0.175. The molecule has 1 atom stereocenters. The number of hydrogen-bond acceptors (Lipinski definition) is 6. The lowest BCUT2D eigenvalue weighted by atomic mass is 9.95. The highest BCUT2D eigenvalue weighted by Gasteiger charge is 2.35. The molecule has 0 spiro atoms. The van der Waals surface area contributed by atoms with Gasteiger partial charge in [0.05, 0.1) is 11.3 Å². The van der Waals surface area contributed by atoms with Crippen molar-refractivity contribution in [2.24, 2.45) is 9.98 Å². The second-order valence-corrected chi connectivity index (χ2v) is 10.6. The van der Waals surface area contributed by atoms with Crippen molar-refractivity contribution < 1.29 is 18.0 Å². The molecule has 1 aliphatic rings. The predicted octanol–water partition coefficient (Wildman–Crippen LogP) is 5.96. The molecule has 2 N–H and O–H groups in total. The molecule has 10 heteroatoms. The minimum atomic E-state index is -4.56. The number of alkyl halides is 3. The lowest BCUT2D eigenvalue weighted by Gasteiger charge is -2.22. The van der Waals surface area contributed by atoms with Gasteiger partial charge in [-0.1, -0.05) is 36.9 Å². The largest absolute Gasteiger partial charge is 0.416 e. The van der Waals surface area contributed by atoms with Gasteiger partial charge in [0.2, 0.25) is 0 Å². The van der Waals surface area contributed by atoms with Gasteiger partial charge >= 0.3 is 6.18 Å². The molecule has 2 aromatic rings. The maximum Gasteiger partial charge on any atom is 0.416 e. The minimum absolute atomic E-state index is 0.0197. The molecule has 1 aliphatic heterocycles. The zero-order valence-corrected chi connectivity index (χ0v) is 24.2. The first-order valence-electron chi connectivity index (χ1n) is 13.6. The van der Waals surface area contributed by atoms with E-state index in [2.05, 4.69) is 21.5 Å². The van der Waals surface area contributed by atoms with E-state index in [0.29, 0.717) is 30.1 Å². The number of ketones is 1. The van der Waals surface area contributed by atoms with Crippen LogP contribution in [0.4, 0.5) is 13.2 Å². The van der Waals surface area contributed by atoms with E-state index in [4.69, 9.17) is 10.8 Å². The van der Waals surface area contributed by atoms with E-state index >= 15 is 0 Å². The number of aliphatic imine (C=N–C) groups is 2. The molecule has 1 unspecified atom stereocenters. The number of likely N-dealkylation sites (N-methyl/N-ethyl adjacent to an activating group) is 1. The van der Waals surface area contributed by atoms with Crippen LogP contribution >= 0.6 is 0 Å². The zero-order chi connectivity index (χ0) is 30.9. The number of benzene rings is 2. The summed E-state index contributed by atoms with van der Waals surface area (Å²) in [7, 11) is 3.95. The first-order chi connectivity index (χ1) is 19.9. The van der Waals surface area contributed by atoms with E-state index in [-0.39, 0.29) is 35.6 Å². The maximum atomic E-state index is 14.0. The molecular formula is C32H37F3N6O. The Balaban J connectivity index is 1.68. The molecule has 0 radical (unpaired) electrons. The Bertz CT molecular complexity index is 1410. The van der Waals surface area contributed by atoms with Gasteiger partial charge in [-0.05, 0) is 61.8 Å². The Morgan fingerprint density at radius 2 is 1.93 bits per heavy atom. The molecule has 2 aromatic carbocycles. The number of Topliss-reactive ketones (excluding diaryl/α,β-unsaturated/α-hetero) is 1. The van der Waals surface area contributed by atoms with Gasteiger partial charge in [-0.15, -0.1) is 0 Å². The Morgan fingerprint density at radius 3 is 2.60 bits per heavy atom. The average Bonchev–Trinajstić information content (AvgIpc) is 3.41. The molecule has 0 amide bonds.